The van der Waals surface area contributed by atoms with Gasteiger partial charge in [0.25, 0.3) is 5.91 Å². The average molecular weight is 348 g/mol. The number of carbonyl (C=O) groups is 1. The highest BCUT2D eigenvalue weighted by atomic mass is 16.5. The second kappa shape index (κ2) is 8.10. The first-order valence-corrected chi connectivity index (χ1v) is 9.05. The zero-order valence-corrected chi connectivity index (χ0v) is 15.3. The molecule has 2 atom stereocenters. The second-order valence-corrected chi connectivity index (χ2v) is 7.18. The molecule has 0 aromatic carbocycles. The van der Waals surface area contributed by atoms with Crippen molar-refractivity contribution in [3.05, 3.63) is 17.5 Å². The van der Waals surface area contributed by atoms with Gasteiger partial charge in [0.15, 0.2) is 0 Å². The van der Waals surface area contributed by atoms with Crippen LogP contribution in [0.5, 0.6) is 0 Å². The van der Waals surface area contributed by atoms with E-state index in [2.05, 4.69) is 15.3 Å². The first kappa shape index (κ1) is 18.1. The van der Waals surface area contributed by atoms with Gasteiger partial charge in [0.05, 0.1) is 23.9 Å². The third-order valence-electron chi connectivity index (χ3n) is 5.00. The number of aromatic nitrogens is 2. The van der Waals surface area contributed by atoms with Crippen molar-refractivity contribution in [2.24, 2.45) is 5.92 Å². The van der Waals surface area contributed by atoms with Gasteiger partial charge in [-0.25, -0.2) is 9.97 Å². The standard InChI is InChI=1S/C18H28N4O3/c1-12-14(9-19-18(20-12)22(2)3)17(23)21-15-7-8-24-11-16(15)25-10-13-5-4-6-13/h9,13,15-16H,4-8,10-11H2,1-3H3,(H,21,23)/t15-,16-/m1/s1. The molecular weight excluding hydrogens is 320 g/mol. The average Bonchev–Trinajstić information content (AvgIpc) is 2.54. The first-order valence-electron chi connectivity index (χ1n) is 9.05. The van der Waals surface area contributed by atoms with Crippen molar-refractivity contribution < 1.29 is 14.3 Å². The van der Waals surface area contributed by atoms with E-state index in [4.69, 9.17) is 9.47 Å². The lowest BCUT2D eigenvalue weighted by molar-refractivity contribution is -0.0819. The molecule has 0 spiro atoms. The minimum Gasteiger partial charge on any atom is -0.379 e. The lowest BCUT2D eigenvalue weighted by Gasteiger charge is -2.34. The molecule has 2 fully saturated rings. The third kappa shape index (κ3) is 4.46. The molecule has 1 aliphatic carbocycles. The molecule has 0 bridgehead atoms. The summed E-state index contributed by atoms with van der Waals surface area (Å²) in [7, 11) is 3.75. The number of nitrogens with zero attached hydrogens (tertiary/aromatic N) is 3. The number of ether oxygens (including phenoxy) is 2. The Balaban J connectivity index is 1.61. The lowest BCUT2D eigenvalue weighted by atomic mass is 9.86. The summed E-state index contributed by atoms with van der Waals surface area (Å²) in [5.74, 6) is 1.13. The predicted molar refractivity (Wildman–Crippen MR) is 94.9 cm³/mol. The maximum absolute atomic E-state index is 12.7. The Morgan fingerprint density at radius 1 is 1.40 bits per heavy atom. The van der Waals surface area contributed by atoms with E-state index in [0.29, 0.717) is 36.3 Å². The van der Waals surface area contributed by atoms with Gasteiger partial charge in [-0.3, -0.25) is 4.79 Å². The van der Waals surface area contributed by atoms with Gasteiger partial charge >= 0.3 is 0 Å². The van der Waals surface area contributed by atoms with Crippen molar-refractivity contribution in [1.82, 2.24) is 15.3 Å². The van der Waals surface area contributed by atoms with Gasteiger partial charge in [-0.15, -0.1) is 0 Å². The monoisotopic (exact) mass is 348 g/mol. The normalized spacial score (nSPS) is 23.8. The van der Waals surface area contributed by atoms with Gasteiger partial charge in [-0.2, -0.15) is 0 Å². The Hall–Kier alpha value is -1.73. The largest absolute Gasteiger partial charge is 0.379 e. The summed E-state index contributed by atoms with van der Waals surface area (Å²) in [4.78, 5) is 23.1. The highest BCUT2D eigenvalue weighted by Crippen LogP contribution is 2.27. The minimum atomic E-state index is -0.146. The van der Waals surface area contributed by atoms with Crippen molar-refractivity contribution in [3.63, 3.8) is 0 Å². The van der Waals surface area contributed by atoms with Crippen LogP contribution in [0.1, 0.15) is 41.7 Å². The van der Waals surface area contributed by atoms with Crippen LogP contribution in [0.4, 0.5) is 5.95 Å². The molecule has 7 heteroatoms. The predicted octanol–water partition coefficient (Wildman–Crippen LogP) is 1.56. The Bertz CT molecular complexity index is 604. The maximum atomic E-state index is 12.7. The summed E-state index contributed by atoms with van der Waals surface area (Å²) < 4.78 is 11.6. The molecule has 7 nitrogen and oxygen atoms in total. The van der Waals surface area contributed by atoms with Gasteiger partial charge in [0, 0.05) is 33.5 Å². The van der Waals surface area contributed by atoms with E-state index < -0.39 is 0 Å². The maximum Gasteiger partial charge on any atom is 0.255 e. The topological polar surface area (TPSA) is 76.6 Å². The molecule has 2 heterocycles. The molecule has 1 aliphatic heterocycles. The summed E-state index contributed by atoms with van der Waals surface area (Å²) in [6.07, 6.45) is 6.07. The molecule has 138 valence electrons. The van der Waals surface area contributed by atoms with E-state index in [1.54, 1.807) is 6.20 Å². The van der Waals surface area contributed by atoms with E-state index in [-0.39, 0.29) is 18.1 Å². The van der Waals surface area contributed by atoms with Crippen LogP contribution >= 0.6 is 0 Å². The molecule has 1 saturated heterocycles. The summed E-state index contributed by atoms with van der Waals surface area (Å²) in [5, 5.41) is 3.10. The molecule has 25 heavy (non-hydrogen) atoms. The number of rotatable bonds is 6. The molecular formula is C18H28N4O3. The zero-order valence-electron chi connectivity index (χ0n) is 15.3. The van der Waals surface area contributed by atoms with Crippen molar-refractivity contribution in [2.75, 3.05) is 38.8 Å². The van der Waals surface area contributed by atoms with Crippen LogP contribution < -0.4 is 10.2 Å². The summed E-state index contributed by atoms with van der Waals surface area (Å²) in [6, 6.07) is -0.0331. The second-order valence-electron chi connectivity index (χ2n) is 7.18. The number of amides is 1. The lowest BCUT2D eigenvalue weighted by Crippen LogP contribution is -2.50. The summed E-state index contributed by atoms with van der Waals surface area (Å²) in [6.45, 7) is 3.77. The van der Waals surface area contributed by atoms with E-state index >= 15 is 0 Å². The van der Waals surface area contributed by atoms with Crippen molar-refractivity contribution in [3.8, 4) is 0 Å². The van der Waals surface area contributed by atoms with Crippen LogP contribution in [0.15, 0.2) is 6.20 Å². The van der Waals surface area contributed by atoms with Gasteiger partial charge in [-0.1, -0.05) is 6.42 Å². The number of carbonyl (C=O) groups excluding carboxylic acids is 1. The molecule has 1 aromatic heterocycles. The smallest absolute Gasteiger partial charge is 0.255 e. The van der Waals surface area contributed by atoms with Crippen LogP contribution in [0.25, 0.3) is 0 Å². The van der Waals surface area contributed by atoms with Gasteiger partial charge in [0.1, 0.15) is 6.10 Å². The van der Waals surface area contributed by atoms with E-state index in [1.165, 1.54) is 19.3 Å². The Labute approximate surface area is 149 Å². The Kier molecular flexibility index (Phi) is 5.86. The first-order chi connectivity index (χ1) is 12.0. The van der Waals surface area contributed by atoms with Gasteiger partial charge < -0.3 is 19.7 Å². The fourth-order valence-electron chi connectivity index (χ4n) is 3.10. The fraction of sp³-hybridized carbons (Fsp3) is 0.722. The van der Waals surface area contributed by atoms with Crippen LogP contribution in [0, 0.1) is 12.8 Å². The molecule has 1 aromatic rings. The van der Waals surface area contributed by atoms with Crippen molar-refractivity contribution >= 4 is 11.9 Å². The minimum absolute atomic E-state index is 0.0331. The number of hydrogen-bond acceptors (Lipinski definition) is 6. The van der Waals surface area contributed by atoms with Crippen molar-refractivity contribution in [1.29, 1.82) is 0 Å². The van der Waals surface area contributed by atoms with E-state index in [1.807, 2.05) is 25.9 Å². The van der Waals surface area contributed by atoms with Crippen LogP contribution in [-0.4, -0.2) is 61.9 Å². The molecule has 0 unspecified atom stereocenters. The Morgan fingerprint density at radius 2 is 2.20 bits per heavy atom. The van der Waals surface area contributed by atoms with E-state index in [0.717, 1.165) is 13.0 Å². The quantitative estimate of drug-likeness (QED) is 0.841. The number of hydrogen-bond donors (Lipinski definition) is 1. The molecule has 2 aliphatic rings. The summed E-state index contributed by atoms with van der Waals surface area (Å²) in [5.41, 5.74) is 1.19. The zero-order chi connectivity index (χ0) is 17.8. The SMILES string of the molecule is Cc1nc(N(C)C)ncc1C(=O)N[C@@H]1CCOC[C@H]1OCC1CCC1. The molecule has 1 N–H and O–H groups in total. The Morgan fingerprint density at radius 3 is 2.84 bits per heavy atom. The van der Waals surface area contributed by atoms with Crippen molar-refractivity contribution in [2.45, 2.75) is 44.8 Å². The van der Waals surface area contributed by atoms with Crippen LogP contribution in [0.3, 0.4) is 0 Å². The van der Waals surface area contributed by atoms with E-state index in [9.17, 15) is 4.79 Å². The van der Waals surface area contributed by atoms with Crippen LogP contribution in [-0.2, 0) is 9.47 Å². The molecule has 3 rings (SSSR count). The molecule has 0 radical (unpaired) electrons. The number of nitrogens with one attached hydrogen (secondary N) is 1. The third-order valence-corrected chi connectivity index (χ3v) is 5.00. The summed E-state index contributed by atoms with van der Waals surface area (Å²) >= 11 is 0. The van der Waals surface area contributed by atoms with Gasteiger partial charge in [0.2, 0.25) is 5.95 Å². The van der Waals surface area contributed by atoms with Crippen LogP contribution in [0.2, 0.25) is 0 Å². The van der Waals surface area contributed by atoms with Gasteiger partial charge in [-0.05, 0) is 32.1 Å². The molecule has 1 saturated carbocycles. The number of aryl methyl sites for hydroxylation is 1. The number of anilines is 1. The highest BCUT2D eigenvalue weighted by molar-refractivity contribution is 5.95. The highest BCUT2D eigenvalue weighted by Gasteiger charge is 2.30. The fourth-order valence-corrected chi connectivity index (χ4v) is 3.10. The molecule has 1 amide bonds.